The highest BCUT2D eigenvalue weighted by Crippen LogP contribution is 2.25. The van der Waals surface area contributed by atoms with Gasteiger partial charge in [0.2, 0.25) is 11.1 Å². The van der Waals surface area contributed by atoms with Gasteiger partial charge in [0.1, 0.15) is 5.82 Å². The molecule has 0 aliphatic heterocycles. The lowest BCUT2D eigenvalue weighted by molar-refractivity contribution is -0.113. The molecule has 0 saturated carbocycles. The Morgan fingerprint density at radius 2 is 2.03 bits per heavy atom. The van der Waals surface area contributed by atoms with E-state index in [4.69, 9.17) is 0 Å². The van der Waals surface area contributed by atoms with Gasteiger partial charge in [-0.05, 0) is 23.4 Å². The molecule has 1 aromatic carbocycles. The molecule has 0 aliphatic carbocycles. The fourth-order valence-corrected chi connectivity index (χ4v) is 4.72. The van der Waals surface area contributed by atoms with Gasteiger partial charge < -0.3 is 5.32 Å². The third kappa shape index (κ3) is 5.31. The second-order valence-corrected chi connectivity index (χ2v) is 9.08. The molecule has 0 aliphatic rings. The average Bonchev–Trinajstić information content (AvgIpc) is 3.50. The molecule has 148 valence electrons. The number of rotatable bonds is 8. The number of aromatic nitrogens is 4. The molecule has 9 heteroatoms. The van der Waals surface area contributed by atoms with Crippen molar-refractivity contribution in [3.63, 3.8) is 0 Å². The van der Waals surface area contributed by atoms with Crippen LogP contribution in [-0.2, 0) is 17.6 Å². The molecule has 3 heterocycles. The van der Waals surface area contributed by atoms with Gasteiger partial charge in [-0.2, -0.15) is 0 Å². The van der Waals surface area contributed by atoms with Gasteiger partial charge in [0, 0.05) is 22.2 Å². The first kappa shape index (κ1) is 19.8. The molecule has 4 aromatic rings. The topological polar surface area (TPSA) is 83.6 Å². The number of amides is 1. The normalized spacial score (nSPS) is 10.9. The molecule has 6 nitrogen and oxygen atoms in total. The van der Waals surface area contributed by atoms with Crippen molar-refractivity contribution in [2.24, 2.45) is 0 Å². The Morgan fingerprint density at radius 3 is 2.79 bits per heavy atom. The number of nitrogens with one attached hydrogen (secondary N) is 2. The van der Waals surface area contributed by atoms with E-state index in [1.165, 1.54) is 33.5 Å². The second kappa shape index (κ2) is 9.34. The Morgan fingerprint density at radius 1 is 1.17 bits per heavy atom. The fraction of sp³-hybridized carbons (Fsp3) is 0.200. The lowest BCUT2D eigenvalue weighted by Gasteiger charge is -2.00. The molecule has 0 bridgehead atoms. The number of anilines is 1. The van der Waals surface area contributed by atoms with E-state index < -0.39 is 0 Å². The van der Waals surface area contributed by atoms with Crippen LogP contribution in [0.3, 0.4) is 0 Å². The van der Waals surface area contributed by atoms with Gasteiger partial charge in [-0.15, -0.1) is 27.8 Å². The van der Waals surface area contributed by atoms with E-state index in [9.17, 15) is 4.79 Å². The summed E-state index contributed by atoms with van der Waals surface area (Å²) in [5, 5.41) is 15.1. The Bertz CT molecular complexity index is 1070. The number of hydrogen-bond acceptors (Lipinski definition) is 7. The van der Waals surface area contributed by atoms with E-state index >= 15 is 0 Å². The zero-order valence-electron chi connectivity index (χ0n) is 15.7. The van der Waals surface area contributed by atoms with Gasteiger partial charge in [-0.1, -0.05) is 49.0 Å². The van der Waals surface area contributed by atoms with Gasteiger partial charge in [0.25, 0.3) is 0 Å². The monoisotopic (exact) mass is 441 g/mol. The van der Waals surface area contributed by atoms with Crippen LogP contribution in [0.25, 0.3) is 11.3 Å². The summed E-state index contributed by atoms with van der Waals surface area (Å²) in [5.74, 6) is 0.909. The van der Waals surface area contributed by atoms with E-state index in [2.05, 4.69) is 62.7 Å². The number of carbonyl (C=O) groups is 1. The van der Waals surface area contributed by atoms with Crippen LogP contribution in [0.1, 0.15) is 23.2 Å². The maximum absolute atomic E-state index is 12.2. The van der Waals surface area contributed by atoms with Crippen LogP contribution >= 0.6 is 34.4 Å². The number of thioether (sulfide) groups is 1. The van der Waals surface area contributed by atoms with E-state index in [0.717, 1.165) is 29.9 Å². The molecule has 3 aromatic heterocycles. The smallest absolute Gasteiger partial charge is 0.236 e. The van der Waals surface area contributed by atoms with Gasteiger partial charge in [-0.3, -0.25) is 9.89 Å². The van der Waals surface area contributed by atoms with Crippen LogP contribution < -0.4 is 5.32 Å². The van der Waals surface area contributed by atoms with Crippen molar-refractivity contribution in [2.75, 3.05) is 11.1 Å². The minimum absolute atomic E-state index is 0.123. The zero-order chi connectivity index (χ0) is 20.1. The summed E-state index contributed by atoms with van der Waals surface area (Å²) in [6, 6.07) is 12.4. The Hall–Kier alpha value is -2.49. The van der Waals surface area contributed by atoms with E-state index in [1.54, 1.807) is 11.3 Å². The molecular formula is C20H19N5OS3. The van der Waals surface area contributed by atoms with Gasteiger partial charge in [0.15, 0.2) is 5.13 Å². The van der Waals surface area contributed by atoms with Crippen molar-refractivity contribution in [2.45, 2.75) is 24.9 Å². The molecule has 0 fully saturated rings. The standard InChI is InChI=1S/C20H19N5OS3/c1-2-13-5-7-14(8-6-13)16-11-28-19(21-16)23-18(26)12-29-20-22-17(24-25-20)10-15-4-3-9-27-15/h3-9,11H,2,10,12H2,1H3,(H,21,23,26)(H,22,24,25). The van der Waals surface area contributed by atoms with Crippen LogP contribution in [0, 0.1) is 0 Å². The second-order valence-electron chi connectivity index (χ2n) is 6.25. The van der Waals surface area contributed by atoms with Gasteiger partial charge in [0.05, 0.1) is 11.4 Å². The zero-order valence-corrected chi connectivity index (χ0v) is 18.2. The summed E-state index contributed by atoms with van der Waals surface area (Å²) in [4.78, 5) is 22.4. The summed E-state index contributed by atoms with van der Waals surface area (Å²) in [5.41, 5.74) is 3.21. The Balaban J connectivity index is 1.29. The van der Waals surface area contributed by atoms with Crippen LogP contribution in [0.15, 0.2) is 52.3 Å². The number of thiazole rings is 1. The molecule has 0 radical (unpaired) electrons. The summed E-state index contributed by atoms with van der Waals surface area (Å²) in [6.07, 6.45) is 1.73. The summed E-state index contributed by atoms with van der Waals surface area (Å²) >= 11 is 4.41. The fourth-order valence-electron chi connectivity index (χ4n) is 2.66. The lowest BCUT2D eigenvalue weighted by Crippen LogP contribution is -2.13. The molecule has 0 atom stereocenters. The lowest BCUT2D eigenvalue weighted by atomic mass is 10.1. The summed E-state index contributed by atoms with van der Waals surface area (Å²) in [7, 11) is 0. The number of nitrogens with zero attached hydrogens (tertiary/aromatic N) is 3. The molecule has 1 amide bonds. The van der Waals surface area contributed by atoms with Crippen molar-refractivity contribution in [1.82, 2.24) is 20.2 Å². The van der Waals surface area contributed by atoms with Crippen LogP contribution in [-0.4, -0.2) is 31.8 Å². The van der Waals surface area contributed by atoms with Crippen molar-refractivity contribution in [1.29, 1.82) is 0 Å². The van der Waals surface area contributed by atoms with E-state index in [-0.39, 0.29) is 11.7 Å². The first-order chi connectivity index (χ1) is 14.2. The quantitative estimate of drug-likeness (QED) is 0.381. The number of aromatic amines is 1. The number of hydrogen-bond donors (Lipinski definition) is 2. The average molecular weight is 442 g/mol. The highest BCUT2D eigenvalue weighted by molar-refractivity contribution is 7.99. The highest BCUT2D eigenvalue weighted by atomic mass is 32.2. The predicted molar refractivity (Wildman–Crippen MR) is 120 cm³/mol. The minimum atomic E-state index is -0.123. The first-order valence-electron chi connectivity index (χ1n) is 9.10. The van der Waals surface area contributed by atoms with Crippen molar-refractivity contribution in [3.8, 4) is 11.3 Å². The number of carbonyl (C=O) groups excluding carboxylic acids is 1. The Labute approximate surface area is 180 Å². The third-order valence-electron chi connectivity index (χ3n) is 4.17. The Kier molecular flexibility index (Phi) is 6.38. The van der Waals surface area contributed by atoms with Crippen LogP contribution in [0.2, 0.25) is 0 Å². The molecular weight excluding hydrogens is 422 g/mol. The molecule has 0 unspecified atom stereocenters. The number of H-pyrrole nitrogens is 1. The maximum Gasteiger partial charge on any atom is 0.236 e. The maximum atomic E-state index is 12.2. The van der Waals surface area contributed by atoms with Gasteiger partial charge >= 0.3 is 0 Å². The number of thiophene rings is 1. The molecule has 0 spiro atoms. The minimum Gasteiger partial charge on any atom is -0.301 e. The van der Waals surface area contributed by atoms with Gasteiger partial charge in [-0.25, -0.2) is 9.97 Å². The molecule has 2 N–H and O–H groups in total. The van der Waals surface area contributed by atoms with Crippen molar-refractivity contribution >= 4 is 45.5 Å². The predicted octanol–water partition coefficient (Wildman–Crippen LogP) is 4.87. The number of benzene rings is 1. The van der Waals surface area contributed by atoms with Crippen LogP contribution in [0.4, 0.5) is 5.13 Å². The van der Waals surface area contributed by atoms with E-state index in [1.807, 2.05) is 16.8 Å². The molecule has 4 rings (SSSR count). The van der Waals surface area contributed by atoms with Crippen molar-refractivity contribution < 1.29 is 4.79 Å². The largest absolute Gasteiger partial charge is 0.301 e. The summed E-state index contributed by atoms with van der Waals surface area (Å²) in [6.45, 7) is 2.13. The summed E-state index contributed by atoms with van der Waals surface area (Å²) < 4.78 is 0. The highest BCUT2D eigenvalue weighted by Gasteiger charge is 2.11. The third-order valence-corrected chi connectivity index (χ3v) is 6.66. The van der Waals surface area contributed by atoms with Crippen molar-refractivity contribution in [3.05, 3.63) is 63.4 Å². The molecule has 0 saturated heterocycles. The SMILES string of the molecule is CCc1ccc(-c2csc(NC(=O)CSc3n[nH]c(Cc4cccs4)n3)n2)cc1. The van der Waals surface area contributed by atoms with Crippen LogP contribution in [0.5, 0.6) is 0 Å². The number of aryl methyl sites for hydroxylation is 1. The van der Waals surface area contributed by atoms with E-state index in [0.29, 0.717) is 10.3 Å². The molecule has 29 heavy (non-hydrogen) atoms. The first-order valence-corrected chi connectivity index (χ1v) is 11.8.